The summed E-state index contributed by atoms with van der Waals surface area (Å²) in [5.74, 6) is 2.83. The maximum Gasteiger partial charge on any atom is 0.0508 e. The van der Waals surface area contributed by atoms with Gasteiger partial charge in [0.05, 0.1) is 6.04 Å². The van der Waals surface area contributed by atoms with Crippen LogP contribution in [0.4, 0.5) is 0 Å². The Morgan fingerprint density at radius 3 is 2.76 bits per heavy atom. The third kappa shape index (κ3) is 2.67. The first-order valence-corrected chi connectivity index (χ1v) is 9.14. The van der Waals surface area contributed by atoms with Gasteiger partial charge in [-0.3, -0.25) is 0 Å². The minimum absolute atomic E-state index is 0.628. The van der Waals surface area contributed by atoms with Gasteiger partial charge in [-0.25, -0.2) is 0 Å². The van der Waals surface area contributed by atoms with Crippen molar-refractivity contribution in [2.45, 2.75) is 63.5 Å². The summed E-state index contributed by atoms with van der Waals surface area (Å²) in [5, 5.41) is 3.54. The zero-order valence-electron chi connectivity index (χ0n) is 13.4. The fourth-order valence-corrected chi connectivity index (χ4v) is 5.44. The Morgan fingerprint density at radius 1 is 1.05 bits per heavy atom. The Bertz CT molecular complexity index is 433. The molecule has 4 aliphatic rings. The molecule has 0 amide bonds. The van der Waals surface area contributed by atoms with Gasteiger partial charge in [0.2, 0.25) is 0 Å². The Kier molecular flexibility index (Phi) is 3.83. The molecule has 4 atom stereocenters. The van der Waals surface area contributed by atoms with Gasteiger partial charge in [-0.15, -0.1) is 0 Å². The molecule has 21 heavy (non-hydrogen) atoms. The maximum absolute atomic E-state index is 3.54. The lowest BCUT2D eigenvalue weighted by atomic mass is 9.76. The highest BCUT2D eigenvalue weighted by Crippen LogP contribution is 2.41. The van der Waals surface area contributed by atoms with Gasteiger partial charge in [-0.2, -0.15) is 0 Å². The fraction of sp³-hybridized carbons (Fsp3) is 0.789. The number of likely N-dealkylation sites (tertiary alicyclic amines) is 1. The van der Waals surface area contributed by atoms with Gasteiger partial charge < -0.3 is 10.2 Å². The molecule has 1 saturated carbocycles. The van der Waals surface area contributed by atoms with Gasteiger partial charge in [-0.1, -0.05) is 25.3 Å². The van der Waals surface area contributed by atoms with E-state index in [-0.39, 0.29) is 0 Å². The number of allylic oxidation sites excluding steroid dienone is 1. The third-order valence-corrected chi connectivity index (χ3v) is 6.66. The number of hydrogen-bond acceptors (Lipinski definition) is 2. The first kappa shape index (κ1) is 13.9. The number of fused-ring (bicyclic) bond motifs is 1. The molecule has 2 fully saturated rings. The third-order valence-electron chi connectivity index (χ3n) is 6.66. The normalized spacial score (nSPS) is 40.9. The Hall–Kier alpha value is -0.760. The van der Waals surface area contributed by atoms with E-state index >= 15 is 0 Å². The summed E-state index contributed by atoms with van der Waals surface area (Å²) in [4.78, 5) is 2.71. The first-order chi connectivity index (χ1) is 10.3. The lowest BCUT2D eigenvalue weighted by Gasteiger charge is -2.32. The largest absolute Gasteiger partial charge is 0.384 e. The van der Waals surface area contributed by atoms with Crippen molar-refractivity contribution in [3.05, 3.63) is 23.9 Å². The molecule has 2 heterocycles. The van der Waals surface area contributed by atoms with Crippen molar-refractivity contribution < 1.29 is 0 Å². The molecule has 0 bridgehead atoms. The Balaban J connectivity index is 1.39. The molecule has 4 rings (SSSR count). The number of rotatable bonds is 2. The first-order valence-electron chi connectivity index (χ1n) is 9.14. The SMILES string of the molecule is CN1CC(C2CC=C3C=CNC3C2)CC1C1CCCCC1. The van der Waals surface area contributed by atoms with Crippen molar-refractivity contribution in [3.63, 3.8) is 0 Å². The van der Waals surface area contributed by atoms with Crippen LogP contribution in [0.15, 0.2) is 23.9 Å². The molecule has 2 aliphatic heterocycles. The number of nitrogens with zero attached hydrogens (tertiary/aromatic N) is 1. The molecule has 1 saturated heterocycles. The molecule has 2 aliphatic carbocycles. The smallest absolute Gasteiger partial charge is 0.0508 e. The van der Waals surface area contributed by atoms with E-state index in [1.165, 1.54) is 57.9 Å². The highest BCUT2D eigenvalue weighted by atomic mass is 15.2. The summed E-state index contributed by atoms with van der Waals surface area (Å²) in [7, 11) is 2.39. The van der Waals surface area contributed by atoms with Gasteiger partial charge in [0.15, 0.2) is 0 Å². The van der Waals surface area contributed by atoms with Gasteiger partial charge in [0.1, 0.15) is 0 Å². The summed E-state index contributed by atoms with van der Waals surface area (Å²) < 4.78 is 0. The van der Waals surface area contributed by atoms with Crippen LogP contribution in [0.25, 0.3) is 0 Å². The van der Waals surface area contributed by atoms with Gasteiger partial charge in [0, 0.05) is 12.6 Å². The van der Waals surface area contributed by atoms with Crippen LogP contribution in [0.3, 0.4) is 0 Å². The van der Waals surface area contributed by atoms with E-state index in [9.17, 15) is 0 Å². The van der Waals surface area contributed by atoms with Crippen LogP contribution in [-0.2, 0) is 0 Å². The van der Waals surface area contributed by atoms with E-state index in [0.717, 1.165) is 23.8 Å². The summed E-state index contributed by atoms with van der Waals surface area (Å²) >= 11 is 0. The molecule has 0 spiro atoms. The van der Waals surface area contributed by atoms with E-state index in [4.69, 9.17) is 0 Å². The highest BCUT2D eigenvalue weighted by molar-refractivity contribution is 5.32. The van der Waals surface area contributed by atoms with Crippen molar-refractivity contribution in [1.82, 2.24) is 10.2 Å². The van der Waals surface area contributed by atoms with Crippen LogP contribution in [-0.4, -0.2) is 30.6 Å². The van der Waals surface area contributed by atoms with Gasteiger partial charge in [-0.05, 0) is 74.8 Å². The van der Waals surface area contributed by atoms with Crippen molar-refractivity contribution >= 4 is 0 Å². The predicted octanol–water partition coefficient (Wildman–Crippen LogP) is 3.71. The average Bonchev–Trinajstić information content (AvgIpc) is 3.13. The van der Waals surface area contributed by atoms with Crippen molar-refractivity contribution in [2.75, 3.05) is 13.6 Å². The maximum atomic E-state index is 3.54. The van der Waals surface area contributed by atoms with Crippen LogP contribution in [0.2, 0.25) is 0 Å². The second-order valence-corrected chi connectivity index (χ2v) is 7.89. The predicted molar refractivity (Wildman–Crippen MR) is 88.0 cm³/mol. The van der Waals surface area contributed by atoms with Crippen molar-refractivity contribution in [2.24, 2.45) is 17.8 Å². The molecule has 2 heteroatoms. The summed E-state index contributed by atoms with van der Waals surface area (Å²) in [6.45, 7) is 1.34. The van der Waals surface area contributed by atoms with E-state index in [1.54, 1.807) is 5.57 Å². The van der Waals surface area contributed by atoms with E-state index in [2.05, 4.69) is 35.6 Å². The van der Waals surface area contributed by atoms with E-state index < -0.39 is 0 Å². The Morgan fingerprint density at radius 2 is 1.90 bits per heavy atom. The molecule has 0 aromatic rings. The lowest BCUT2D eigenvalue weighted by Crippen LogP contribution is -2.33. The second-order valence-electron chi connectivity index (χ2n) is 7.89. The van der Waals surface area contributed by atoms with Crippen molar-refractivity contribution in [3.8, 4) is 0 Å². The molecule has 1 N–H and O–H groups in total. The minimum Gasteiger partial charge on any atom is -0.384 e. The van der Waals surface area contributed by atoms with Crippen LogP contribution in [0.1, 0.15) is 51.4 Å². The summed E-state index contributed by atoms with van der Waals surface area (Å²) in [5.41, 5.74) is 1.54. The Labute approximate surface area is 129 Å². The zero-order chi connectivity index (χ0) is 14.2. The van der Waals surface area contributed by atoms with Crippen molar-refractivity contribution in [1.29, 1.82) is 0 Å². The molecule has 0 aromatic heterocycles. The molecule has 0 aromatic carbocycles. The number of hydrogen-bond donors (Lipinski definition) is 1. The quantitative estimate of drug-likeness (QED) is 0.832. The molecule has 2 nitrogen and oxygen atoms in total. The minimum atomic E-state index is 0.628. The molecule has 116 valence electrons. The number of nitrogens with one attached hydrogen (secondary N) is 1. The topological polar surface area (TPSA) is 15.3 Å². The molecule has 0 radical (unpaired) electrons. The summed E-state index contributed by atoms with van der Waals surface area (Å²) in [6, 6.07) is 1.51. The second kappa shape index (κ2) is 5.79. The van der Waals surface area contributed by atoms with Crippen LogP contribution >= 0.6 is 0 Å². The zero-order valence-corrected chi connectivity index (χ0v) is 13.4. The van der Waals surface area contributed by atoms with Gasteiger partial charge >= 0.3 is 0 Å². The average molecular weight is 286 g/mol. The molecule has 4 unspecified atom stereocenters. The lowest BCUT2D eigenvalue weighted by molar-refractivity contribution is 0.185. The van der Waals surface area contributed by atoms with E-state index in [1.807, 2.05) is 0 Å². The highest BCUT2D eigenvalue weighted by Gasteiger charge is 2.40. The van der Waals surface area contributed by atoms with Gasteiger partial charge in [0.25, 0.3) is 0 Å². The summed E-state index contributed by atoms with van der Waals surface area (Å²) in [6.07, 6.45) is 18.5. The monoisotopic (exact) mass is 286 g/mol. The van der Waals surface area contributed by atoms with Crippen LogP contribution in [0, 0.1) is 17.8 Å². The van der Waals surface area contributed by atoms with Crippen LogP contribution < -0.4 is 5.32 Å². The molecular weight excluding hydrogens is 256 g/mol. The molecular formula is C19H30N2. The van der Waals surface area contributed by atoms with Crippen LogP contribution in [0.5, 0.6) is 0 Å². The van der Waals surface area contributed by atoms with E-state index in [0.29, 0.717) is 6.04 Å². The standard InChI is InChI=1S/C19H30N2/c1-21-13-17(12-19(21)15-5-3-2-4-6-15)16-8-7-14-9-10-20-18(14)11-16/h7,9-10,15-20H,2-6,8,11-13H2,1H3. The fourth-order valence-electron chi connectivity index (χ4n) is 5.44.